The molecule has 0 unspecified atom stereocenters. The number of anilines is 1. The van der Waals surface area contributed by atoms with Crippen LogP contribution in [0, 0.1) is 0 Å². The standard InChI is InChI=1S/C13H17N3OS/c1-10(17)15(2)8-9-16(3)13-14-11-6-4-5-7-12(11)18-13/h4-7H,8-9H2,1-3H3. The van der Waals surface area contributed by atoms with E-state index in [1.165, 1.54) is 4.70 Å². The summed E-state index contributed by atoms with van der Waals surface area (Å²) in [7, 11) is 3.82. The van der Waals surface area contributed by atoms with E-state index in [1.807, 2.05) is 32.3 Å². The molecule has 1 aromatic heterocycles. The summed E-state index contributed by atoms with van der Waals surface area (Å²) in [6.45, 7) is 3.08. The van der Waals surface area contributed by atoms with Gasteiger partial charge < -0.3 is 9.80 Å². The monoisotopic (exact) mass is 263 g/mol. The summed E-state index contributed by atoms with van der Waals surface area (Å²) in [5, 5.41) is 0.994. The predicted octanol–water partition coefficient (Wildman–Crippen LogP) is 2.21. The van der Waals surface area contributed by atoms with Crippen LogP contribution in [0.5, 0.6) is 0 Å². The molecule has 5 heteroatoms. The summed E-state index contributed by atoms with van der Waals surface area (Å²) in [4.78, 5) is 19.5. The third-order valence-corrected chi connectivity index (χ3v) is 4.07. The van der Waals surface area contributed by atoms with E-state index in [1.54, 1.807) is 23.2 Å². The third kappa shape index (κ3) is 2.79. The molecule has 0 fully saturated rings. The topological polar surface area (TPSA) is 36.4 Å². The molecule has 2 aromatic rings. The van der Waals surface area contributed by atoms with E-state index in [9.17, 15) is 4.79 Å². The number of aromatic nitrogens is 1. The van der Waals surface area contributed by atoms with E-state index in [-0.39, 0.29) is 5.91 Å². The maximum absolute atomic E-state index is 11.1. The van der Waals surface area contributed by atoms with Crippen LogP contribution in [0.15, 0.2) is 24.3 Å². The number of carbonyl (C=O) groups is 1. The van der Waals surface area contributed by atoms with Crippen LogP contribution in [0.3, 0.4) is 0 Å². The Kier molecular flexibility index (Phi) is 3.81. The van der Waals surface area contributed by atoms with Crippen molar-refractivity contribution in [2.45, 2.75) is 6.92 Å². The van der Waals surface area contributed by atoms with Crippen molar-refractivity contribution in [2.24, 2.45) is 0 Å². The van der Waals surface area contributed by atoms with Crippen LogP contribution in [0.1, 0.15) is 6.92 Å². The summed E-state index contributed by atoms with van der Waals surface area (Å²) < 4.78 is 1.19. The van der Waals surface area contributed by atoms with E-state index >= 15 is 0 Å². The Morgan fingerprint density at radius 1 is 1.28 bits per heavy atom. The van der Waals surface area contributed by atoms with Crippen LogP contribution in [-0.4, -0.2) is 43.0 Å². The molecule has 2 rings (SSSR count). The van der Waals surface area contributed by atoms with Crippen molar-refractivity contribution in [2.75, 3.05) is 32.1 Å². The van der Waals surface area contributed by atoms with Gasteiger partial charge in [0.2, 0.25) is 5.91 Å². The molecule has 0 saturated carbocycles. The molecule has 1 heterocycles. The summed E-state index contributed by atoms with van der Waals surface area (Å²) in [6.07, 6.45) is 0. The maximum Gasteiger partial charge on any atom is 0.219 e. The first-order valence-electron chi connectivity index (χ1n) is 5.86. The Labute approximate surface area is 111 Å². The second kappa shape index (κ2) is 5.35. The quantitative estimate of drug-likeness (QED) is 0.848. The van der Waals surface area contributed by atoms with Gasteiger partial charge in [-0.1, -0.05) is 23.5 Å². The number of hydrogen-bond donors (Lipinski definition) is 0. The fraction of sp³-hybridized carbons (Fsp3) is 0.385. The molecule has 0 bridgehead atoms. The van der Waals surface area contributed by atoms with Crippen molar-refractivity contribution in [1.29, 1.82) is 0 Å². The Morgan fingerprint density at radius 3 is 2.67 bits per heavy atom. The first-order chi connectivity index (χ1) is 8.58. The lowest BCUT2D eigenvalue weighted by molar-refractivity contribution is -0.127. The van der Waals surface area contributed by atoms with Crippen molar-refractivity contribution in [3.63, 3.8) is 0 Å². The second-order valence-electron chi connectivity index (χ2n) is 4.33. The van der Waals surface area contributed by atoms with Crippen molar-refractivity contribution >= 4 is 32.6 Å². The van der Waals surface area contributed by atoms with Gasteiger partial charge >= 0.3 is 0 Å². The summed E-state index contributed by atoms with van der Waals surface area (Å²) in [5.74, 6) is 0.0905. The minimum atomic E-state index is 0.0905. The van der Waals surface area contributed by atoms with Gasteiger partial charge in [0, 0.05) is 34.1 Å². The van der Waals surface area contributed by atoms with Crippen molar-refractivity contribution in [3.8, 4) is 0 Å². The number of para-hydroxylation sites is 1. The highest BCUT2D eigenvalue weighted by atomic mass is 32.1. The molecule has 0 saturated heterocycles. The van der Waals surface area contributed by atoms with Gasteiger partial charge in [-0.2, -0.15) is 0 Å². The summed E-state index contributed by atoms with van der Waals surface area (Å²) in [6, 6.07) is 8.11. The van der Waals surface area contributed by atoms with Crippen molar-refractivity contribution in [3.05, 3.63) is 24.3 Å². The molecule has 1 aromatic carbocycles. The zero-order chi connectivity index (χ0) is 13.1. The first kappa shape index (κ1) is 12.8. The molecule has 0 radical (unpaired) electrons. The van der Waals surface area contributed by atoms with E-state index in [4.69, 9.17) is 0 Å². The van der Waals surface area contributed by atoms with Crippen molar-refractivity contribution in [1.82, 2.24) is 9.88 Å². The average molecular weight is 263 g/mol. The highest BCUT2D eigenvalue weighted by Crippen LogP contribution is 2.27. The molecule has 0 N–H and O–H groups in total. The lowest BCUT2D eigenvalue weighted by Crippen LogP contribution is -2.33. The molecule has 0 aliphatic carbocycles. The number of fused-ring (bicyclic) bond motifs is 1. The Bertz CT molecular complexity index is 519. The van der Waals surface area contributed by atoms with Gasteiger partial charge in [-0.25, -0.2) is 4.98 Å². The molecule has 0 spiro atoms. The van der Waals surface area contributed by atoms with Gasteiger partial charge in [0.1, 0.15) is 0 Å². The van der Waals surface area contributed by atoms with Crippen LogP contribution < -0.4 is 4.90 Å². The zero-order valence-corrected chi connectivity index (χ0v) is 11.7. The molecular formula is C13H17N3OS. The Balaban J connectivity index is 2.04. The van der Waals surface area contributed by atoms with Gasteiger partial charge in [0.25, 0.3) is 0 Å². The fourth-order valence-electron chi connectivity index (χ4n) is 1.58. The summed E-state index contributed by atoms with van der Waals surface area (Å²) >= 11 is 1.68. The van der Waals surface area contributed by atoms with Gasteiger partial charge in [-0.05, 0) is 12.1 Å². The van der Waals surface area contributed by atoms with E-state index in [0.717, 1.165) is 17.2 Å². The van der Waals surface area contributed by atoms with Crippen LogP contribution in [-0.2, 0) is 4.79 Å². The zero-order valence-electron chi connectivity index (χ0n) is 10.9. The second-order valence-corrected chi connectivity index (χ2v) is 5.34. The maximum atomic E-state index is 11.1. The minimum absolute atomic E-state index is 0.0905. The fourth-order valence-corrected chi connectivity index (χ4v) is 2.53. The van der Waals surface area contributed by atoms with Gasteiger partial charge in [-0.15, -0.1) is 0 Å². The molecular weight excluding hydrogens is 246 g/mol. The van der Waals surface area contributed by atoms with Crippen LogP contribution in [0.2, 0.25) is 0 Å². The number of carbonyl (C=O) groups excluding carboxylic acids is 1. The van der Waals surface area contributed by atoms with Crippen LogP contribution in [0.4, 0.5) is 5.13 Å². The number of benzene rings is 1. The highest BCUT2D eigenvalue weighted by Gasteiger charge is 2.09. The molecule has 1 amide bonds. The molecule has 96 valence electrons. The number of amides is 1. The number of likely N-dealkylation sites (N-methyl/N-ethyl adjacent to an activating group) is 2. The van der Waals surface area contributed by atoms with Crippen molar-refractivity contribution < 1.29 is 4.79 Å². The SMILES string of the molecule is CC(=O)N(C)CCN(C)c1nc2ccccc2s1. The lowest BCUT2D eigenvalue weighted by Gasteiger charge is -2.20. The normalized spacial score (nSPS) is 10.6. The Hall–Kier alpha value is -1.62. The minimum Gasteiger partial charge on any atom is -0.349 e. The first-order valence-corrected chi connectivity index (χ1v) is 6.68. The largest absolute Gasteiger partial charge is 0.349 e. The molecule has 0 atom stereocenters. The molecule has 18 heavy (non-hydrogen) atoms. The Morgan fingerprint density at radius 2 is 2.00 bits per heavy atom. The summed E-state index contributed by atoms with van der Waals surface area (Å²) in [5.41, 5.74) is 1.03. The average Bonchev–Trinajstić information content (AvgIpc) is 2.79. The number of thiazole rings is 1. The lowest BCUT2D eigenvalue weighted by atomic mass is 10.3. The third-order valence-electron chi connectivity index (χ3n) is 2.92. The highest BCUT2D eigenvalue weighted by molar-refractivity contribution is 7.22. The van der Waals surface area contributed by atoms with E-state index in [0.29, 0.717) is 6.54 Å². The molecule has 0 aliphatic rings. The smallest absolute Gasteiger partial charge is 0.219 e. The van der Waals surface area contributed by atoms with E-state index < -0.39 is 0 Å². The van der Waals surface area contributed by atoms with Crippen LogP contribution >= 0.6 is 11.3 Å². The number of hydrogen-bond acceptors (Lipinski definition) is 4. The predicted molar refractivity (Wildman–Crippen MR) is 76.2 cm³/mol. The van der Waals surface area contributed by atoms with Crippen LogP contribution in [0.25, 0.3) is 10.2 Å². The molecule has 4 nitrogen and oxygen atoms in total. The van der Waals surface area contributed by atoms with Gasteiger partial charge in [0.05, 0.1) is 10.2 Å². The number of nitrogens with zero attached hydrogens (tertiary/aromatic N) is 3. The van der Waals surface area contributed by atoms with Gasteiger partial charge in [-0.3, -0.25) is 4.79 Å². The van der Waals surface area contributed by atoms with E-state index in [2.05, 4.69) is 16.0 Å². The number of rotatable bonds is 4. The van der Waals surface area contributed by atoms with Gasteiger partial charge in [0.15, 0.2) is 5.13 Å². The molecule has 0 aliphatic heterocycles.